The molecule has 0 radical (unpaired) electrons. The van der Waals surface area contributed by atoms with Crippen LogP contribution in [0.3, 0.4) is 0 Å². The van der Waals surface area contributed by atoms with Crippen LogP contribution in [0.15, 0.2) is 65.8 Å². The third kappa shape index (κ3) is 4.80. The Labute approximate surface area is 164 Å². The van der Waals surface area contributed by atoms with E-state index in [1.54, 1.807) is 26.2 Å². The molecule has 0 N–H and O–H groups in total. The average molecular weight is 399 g/mol. The van der Waals surface area contributed by atoms with Gasteiger partial charge in [0.25, 0.3) is 0 Å². The molecule has 0 aliphatic carbocycles. The van der Waals surface area contributed by atoms with Crippen LogP contribution in [0.2, 0.25) is 0 Å². The maximum atomic E-state index is 12.1. The third-order valence-corrected chi connectivity index (χ3v) is 5.28. The van der Waals surface area contributed by atoms with Crippen LogP contribution in [-0.2, 0) is 16.4 Å². The number of benzene rings is 2. The number of ether oxygens (including phenoxy) is 2. The van der Waals surface area contributed by atoms with Crippen molar-refractivity contribution in [2.45, 2.75) is 18.4 Å². The SMILES string of the molecule is COc1ccc(COc2cc(-c3cc(C)c[n+]([O-])c3)cc(S(C)(=O)=O)c2)cc1. The standard InChI is InChI=1S/C21H21NO5S/c1-15-8-18(13-22(23)12-15)17-9-20(11-21(10-17)28(3,24)25)27-14-16-4-6-19(26-2)7-5-16/h4-13H,14H2,1-3H3. The fourth-order valence-corrected chi connectivity index (χ4v) is 3.45. The van der Waals surface area contributed by atoms with Gasteiger partial charge < -0.3 is 14.7 Å². The van der Waals surface area contributed by atoms with Crippen LogP contribution in [0.4, 0.5) is 0 Å². The van der Waals surface area contributed by atoms with Gasteiger partial charge in [-0.25, -0.2) is 8.42 Å². The number of aromatic nitrogens is 1. The van der Waals surface area contributed by atoms with E-state index in [1.165, 1.54) is 18.5 Å². The summed E-state index contributed by atoms with van der Waals surface area (Å²) < 4.78 is 35.9. The maximum absolute atomic E-state index is 12.1. The lowest BCUT2D eigenvalue weighted by molar-refractivity contribution is -0.605. The predicted octanol–water partition coefficient (Wildman–Crippen LogP) is 3.29. The number of pyridine rings is 1. The normalized spacial score (nSPS) is 11.2. The molecular weight excluding hydrogens is 378 g/mol. The summed E-state index contributed by atoms with van der Waals surface area (Å²) in [5.41, 5.74) is 2.91. The van der Waals surface area contributed by atoms with Gasteiger partial charge in [0.05, 0.1) is 12.0 Å². The summed E-state index contributed by atoms with van der Waals surface area (Å²) in [4.78, 5) is 0.133. The van der Waals surface area contributed by atoms with Crippen LogP contribution in [-0.4, -0.2) is 21.8 Å². The van der Waals surface area contributed by atoms with Crippen LogP contribution in [0.1, 0.15) is 11.1 Å². The van der Waals surface area contributed by atoms with Crippen LogP contribution in [0.25, 0.3) is 11.1 Å². The summed E-state index contributed by atoms with van der Waals surface area (Å²) >= 11 is 0. The molecule has 28 heavy (non-hydrogen) atoms. The first-order valence-electron chi connectivity index (χ1n) is 8.56. The minimum absolute atomic E-state index is 0.133. The molecule has 7 heteroatoms. The molecule has 0 spiro atoms. The first kappa shape index (κ1) is 19.7. The summed E-state index contributed by atoms with van der Waals surface area (Å²) in [5, 5.41) is 11.8. The molecule has 0 saturated carbocycles. The summed E-state index contributed by atoms with van der Waals surface area (Å²) in [6, 6.07) is 14.0. The van der Waals surface area contributed by atoms with Crippen molar-refractivity contribution >= 4 is 9.84 Å². The first-order chi connectivity index (χ1) is 13.2. The van der Waals surface area contributed by atoms with Crippen molar-refractivity contribution in [2.75, 3.05) is 13.4 Å². The molecule has 0 aliphatic heterocycles. The molecule has 1 aromatic heterocycles. The maximum Gasteiger partial charge on any atom is 0.188 e. The van der Waals surface area contributed by atoms with Gasteiger partial charge in [0, 0.05) is 17.4 Å². The van der Waals surface area contributed by atoms with Gasteiger partial charge in [-0.3, -0.25) is 0 Å². The highest BCUT2D eigenvalue weighted by Gasteiger charge is 2.14. The lowest BCUT2D eigenvalue weighted by Crippen LogP contribution is -2.25. The quantitative estimate of drug-likeness (QED) is 0.469. The fraction of sp³-hybridized carbons (Fsp3) is 0.190. The molecule has 146 valence electrons. The van der Waals surface area contributed by atoms with E-state index >= 15 is 0 Å². The van der Waals surface area contributed by atoms with Crippen LogP contribution >= 0.6 is 0 Å². The molecule has 0 unspecified atom stereocenters. The number of hydrogen-bond donors (Lipinski definition) is 0. The molecule has 3 aromatic rings. The second kappa shape index (κ2) is 7.90. The van der Waals surface area contributed by atoms with Gasteiger partial charge in [0.15, 0.2) is 22.2 Å². The Morgan fingerprint density at radius 2 is 1.68 bits per heavy atom. The van der Waals surface area contributed by atoms with Crippen molar-refractivity contribution in [3.63, 3.8) is 0 Å². The monoisotopic (exact) mass is 399 g/mol. The lowest BCUT2D eigenvalue weighted by atomic mass is 10.1. The van der Waals surface area contributed by atoms with E-state index in [9.17, 15) is 13.6 Å². The Hall–Kier alpha value is -3.06. The van der Waals surface area contributed by atoms with Crippen LogP contribution in [0, 0.1) is 12.1 Å². The van der Waals surface area contributed by atoms with Crippen molar-refractivity contribution < 1.29 is 22.6 Å². The Morgan fingerprint density at radius 1 is 0.964 bits per heavy atom. The van der Waals surface area contributed by atoms with E-state index in [2.05, 4.69) is 0 Å². The smallest absolute Gasteiger partial charge is 0.188 e. The molecular formula is C21H21NO5S. The van der Waals surface area contributed by atoms with E-state index in [-0.39, 0.29) is 11.5 Å². The second-order valence-electron chi connectivity index (χ2n) is 6.56. The van der Waals surface area contributed by atoms with E-state index in [1.807, 2.05) is 30.3 Å². The van der Waals surface area contributed by atoms with E-state index < -0.39 is 9.84 Å². The molecule has 2 aromatic carbocycles. The number of aryl methyl sites for hydroxylation is 1. The second-order valence-corrected chi connectivity index (χ2v) is 8.58. The molecule has 1 heterocycles. The highest BCUT2D eigenvalue weighted by molar-refractivity contribution is 7.90. The number of methoxy groups -OCH3 is 1. The fourth-order valence-electron chi connectivity index (χ4n) is 2.78. The molecule has 0 saturated heterocycles. The molecule has 0 amide bonds. The number of rotatable bonds is 6. The minimum atomic E-state index is -3.45. The van der Waals surface area contributed by atoms with Crippen molar-refractivity contribution in [3.8, 4) is 22.6 Å². The van der Waals surface area contributed by atoms with Gasteiger partial charge in [0.2, 0.25) is 0 Å². The van der Waals surface area contributed by atoms with Crippen LogP contribution in [0.5, 0.6) is 11.5 Å². The van der Waals surface area contributed by atoms with Crippen molar-refractivity contribution in [2.24, 2.45) is 0 Å². The molecule has 0 aliphatic rings. The molecule has 0 fully saturated rings. The predicted molar refractivity (Wildman–Crippen MR) is 106 cm³/mol. The number of sulfone groups is 1. The summed E-state index contributed by atoms with van der Waals surface area (Å²) in [5.74, 6) is 1.16. The number of hydrogen-bond acceptors (Lipinski definition) is 5. The topological polar surface area (TPSA) is 79.5 Å². The van der Waals surface area contributed by atoms with Gasteiger partial charge in [-0.1, -0.05) is 12.1 Å². The molecule has 0 bridgehead atoms. The van der Waals surface area contributed by atoms with Crippen LogP contribution < -0.4 is 14.2 Å². The minimum Gasteiger partial charge on any atom is -0.619 e. The Bertz CT molecular complexity index is 1070. The van der Waals surface area contributed by atoms with E-state index in [4.69, 9.17) is 9.47 Å². The zero-order valence-corrected chi connectivity index (χ0v) is 16.7. The van der Waals surface area contributed by atoms with Crippen molar-refractivity contribution in [1.82, 2.24) is 0 Å². The van der Waals surface area contributed by atoms with Crippen molar-refractivity contribution in [1.29, 1.82) is 0 Å². The molecule has 6 nitrogen and oxygen atoms in total. The highest BCUT2D eigenvalue weighted by atomic mass is 32.2. The summed E-state index contributed by atoms with van der Waals surface area (Å²) in [7, 11) is -1.85. The zero-order chi connectivity index (χ0) is 20.3. The Morgan fingerprint density at radius 3 is 2.29 bits per heavy atom. The zero-order valence-electron chi connectivity index (χ0n) is 15.9. The summed E-state index contributed by atoms with van der Waals surface area (Å²) in [6.45, 7) is 2.07. The van der Waals surface area contributed by atoms with Gasteiger partial charge in [-0.05, 0) is 54.4 Å². The van der Waals surface area contributed by atoms with E-state index in [0.717, 1.165) is 23.1 Å². The third-order valence-electron chi connectivity index (χ3n) is 4.19. The van der Waals surface area contributed by atoms with Gasteiger partial charge in [-0.2, -0.15) is 4.73 Å². The molecule has 0 atom stereocenters. The first-order valence-corrected chi connectivity index (χ1v) is 10.5. The van der Waals surface area contributed by atoms with Gasteiger partial charge in [0.1, 0.15) is 18.1 Å². The van der Waals surface area contributed by atoms with Crippen molar-refractivity contribution in [3.05, 3.63) is 77.3 Å². The molecule has 3 rings (SSSR count). The Balaban J connectivity index is 1.95. The Kier molecular flexibility index (Phi) is 5.56. The van der Waals surface area contributed by atoms with E-state index in [0.29, 0.717) is 21.6 Å². The largest absolute Gasteiger partial charge is 0.619 e. The van der Waals surface area contributed by atoms with Gasteiger partial charge >= 0.3 is 0 Å². The summed E-state index contributed by atoms with van der Waals surface area (Å²) in [6.07, 6.45) is 4.00. The lowest BCUT2D eigenvalue weighted by Gasteiger charge is -2.12. The van der Waals surface area contributed by atoms with Gasteiger partial charge in [-0.15, -0.1) is 0 Å². The average Bonchev–Trinajstić information content (AvgIpc) is 2.65. The number of nitrogens with zero attached hydrogens (tertiary/aromatic N) is 1. The highest BCUT2D eigenvalue weighted by Crippen LogP contribution is 2.29.